The van der Waals surface area contributed by atoms with Crippen LogP contribution < -0.4 is 0 Å². The van der Waals surface area contributed by atoms with Crippen LogP contribution in [-0.2, 0) is 14.4 Å². The smallest absolute Gasteiger partial charge is 0.337 e. The van der Waals surface area contributed by atoms with Crippen LogP contribution in [0.25, 0.3) is 6.08 Å². The summed E-state index contributed by atoms with van der Waals surface area (Å²) in [7, 11) is 0. The van der Waals surface area contributed by atoms with Crippen LogP contribution in [0, 0.1) is 0 Å². The third-order valence-corrected chi connectivity index (χ3v) is 2.86. The van der Waals surface area contributed by atoms with E-state index in [1.807, 2.05) is 0 Å². The second-order valence-corrected chi connectivity index (χ2v) is 5.21. The van der Waals surface area contributed by atoms with E-state index in [0.717, 1.165) is 5.71 Å². The molecule has 21 heavy (non-hydrogen) atoms. The number of oxime groups is 1. The number of hydrogen-bond acceptors (Lipinski definition) is 4. The summed E-state index contributed by atoms with van der Waals surface area (Å²) in [4.78, 5) is 17.0. The van der Waals surface area contributed by atoms with E-state index in [0.29, 0.717) is 21.2 Å². The van der Waals surface area contributed by atoms with Gasteiger partial charge in [-0.15, -0.1) is 0 Å². The summed E-state index contributed by atoms with van der Waals surface area (Å²) in [5, 5.41) is 4.77. The number of benzene rings is 1. The van der Waals surface area contributed by atoms with Gasteiger partial charge in [0.15, 0.2) is 0 Å². The summed E-state index contributed by atoms with van der Waals surface area (Å²) < 4.78 is 4.99. The highest BCUT2D eigenvalue weighted by molar-refractivity contribution is 6.35. The highest BCUT2D eigenvalue weighted by Crippen LogP contribution is 2.23. The standard InChI is InChI=1S/C15H17Cl2NO3/c1-4-20-15(19)12(9-21-18-10(2)3)7-11-5-6-13(16)8-14(11)17/h5-8H,4,9H2,1-3H3/b12-7+. The minimum absolute atomic E-state index is 0.00295. The lowest BCUT2D eigenvalue weighted by molar-refractivity contribution is -0.139. The van der Waals surface area contributed by atoms with Gasteiger partial charge in [0.25, 0.3) is 0 Å². The molecule has 0 aliphatic heterocycles. The third-order valence-electron chi connectivity index (χ3n) is 2.30. The minimum atomic E-state index is -0.465. The van der Waals surface area contributed by atoms with Crippen molar-refractivity contribution in [3.63, 3.8) is 0 Å². The number of ether oxygens (including phenoxy) is 1. The van der Waals surface area contributed by atoms with Crippen molar-refractivity contribution in [1.82, 2.24) is 0 Å². The fourth-order valence-electron chi connectivity index (χ4n) is 1.42. The van der Waals surface area contributed by atoms with E-state index in [1.54, 1.807) is 45.0 Å². The highest BCUT2D eigenvalue weighted by atomic mass is 35.5. The Balaban J connectivity index is 3.01. The number of rotatable bonds is 6. The van der Waals surface area contributed by atoms with Crippen molar-refractivity contribution in [2.45, 2.75) is 20.8 Å². The molecular weight excluding hydrogens is 313 g/mol. The molecule has 0 atom stereocenters. The molecule has 0 bridgehead atoms. The average molecular weight is 330 g/mol. The van der Waals surface area contributed by atoms with Gasteiger partial charge in [0.05, 0.1) is 17.9 Å². The average Bonchev–Trinajstić information content (AvgIpc) is 2.40. The quantitative estimate of drug-likeness (QED) is 0.337. The first kappa shape index (κ1) is 17.5. The van der Waals surface area contributed by atoms with Gasteiger partial charge in [0.1, 0.15) is 6.61 Å². The lowest BCUT2D eigenvalue weighted by atomic mass is 10.1. The Kier molecular flexibility index (Phi) is 7.26. The molecule has 0 saturated carbocycles. The van der Waals surface area contributed by atoms with E-state index in [9.17, 15) is 4.79 Å². The van der Waals surface area contributed by atoms with Crippen LogP contribution >= 0.6 is 23.2 Å². The zero-order valence-electron chi connectivity index (χ0n) is 12.2. The molecule has 0 aliphatic carbocycles. The molecule has 1 aromatic rings. The van der Waals surface area contributed by atoms with E-state index in [4.69, 9.17) is 32.8 Å². The van der Waals surface area contributed by atoms with E-state index in [1.165, 1.54) is 0 Å². The molecule has 0 N–H and O–H groups in total. The lowest BCUT2D eigenvalue weighted by Crippen LogP contribution is -2.12. The summed E-state index contributed by atoms with van der Waals surface area (Å²) in [6, 6.07) is 5.02. The van der Waals surface area contributed by atoms with E-state index < -0.39 is 5.97 Å². The van der Waals surface area contributed by atoms with Crippen molar-refractivity contribution in [2.75, 3.05) is 13.2 Å². The molecule has 0 spiro atoms. The molecule has 0 fully saturated rings. The number of carbonyl (C=O) groups is 1. The van der Waals surface area contributed by atoms with Crippen LogP contribution in [0.2, 0.25) is 10.0 Å². The molecule has 6 heteroatoms. The zero-order chi connectivity index (χ0) is 15.8. The summed E-state index contributed by atoms with van der Waals surface area (Å²) in [6.07, 6.45) is 1.61. The predicted molar refractivity (Wildman–Crippen MR) is 85.8 cm³/mol. The van der Waals surface area contributed by atoms with Crippen LogP contribution in [0.15, 0.2) is 28.9 Å². The molecule has 0 aliphatic rings. The fourth-order valence-corrected chi connectivity index (χ4v) is 1.88. The molecular formula is C15H17Cl2NO3. The molecule has 0 unspecified atom stereocenters. The fraction of sp³-hybridized carbons (Fsp3) is 0.333. The van der Waals surface area contributed by atoms with Crippen LogP contribution in [0.1, 0.15) is 26.3 Å². The number of carbonyl (C=O) groups excluding carboxylic acids is 1. The normalized spacial score (nSPS) is 11.0. The summed E-state index contributed by atoms with van der Waals surface area (Å²) >= 11 is 11.9. The van der Waals surface area contributed by atoms with E-state index >= 15 is 0 Å². The van der Waals surface area contributed by atoms with Crippen molar-refractivity contribution in [2.24, 2.45) is 5.16 Å². The molecule has 1 rings (SSSR count). The van der Waals surface area contributed by atoms with Gasteiger partial charge in [-0.05, 0) is 44.5 Å². The van der Waals surface area contributed by atoms with Crippen LogP contribution in [0.4, 0.5) is 0 Å². The van der Waals surface area contributed by atoms with E-state index in [2.05, 4.69) is 5.16 Å². The topological polar surface area (TPSA) is 47.9 Å². The van der Waals surface area contributed by atoms with Gasteiger partial charge < -0.3 is 9.57 Å². The monoisotopic (exact) mass is 329 g/mol. The Morgan fingerprint density at radius 2 is 2.05 bits per heavy atom. The molecule has 114 valence electrons. The first-order valence-electron chi connectivity index (χ1n) is 6.40. The lowest BCUT2D eigenvalue weighted by Gasteiger charge is -2.07. The predicted octanol–water partition coefficient (Wildman–Crippen LogP) is 4.35. The Labute approximate surface area is 134 Å². The van der Waals surface area contributed by atoms with Crippen molar-refractivity contribution < 1.29 is 14.4 Å². The molecule has 0 amide bonds. The second kappa shape index (κ2) is 8.70. The molecule has 4 nitrogen and oxygen atoms in total. The molecule has 0 aromatic heterocycles. The minimum Gasteiger partial charge on any atom is -0.463 e. The van der Waals surface area contributed by atoms with Gasteiger partial charge in [-0.2, -0.15) is 0 Å². The summed E-state index contributed by atoms with van der Waals surface area (Å²) in [5.41, 5.74) is 1.73. The molecule has 0 radical (unpaired) electrons. The van der Waals surface area contributed by atoms with Crippen molar-refractivity contribution >= 4 is 41.0 Å². The third kappa shape index (κ3) is 6.19. The maximum Gasteiger partial charge on any atom is 0.337 e. The van der Waals surface area contributed by atoms with Gasteiger partial charge in [0, 0.05) is 10.0 Å². The van der Waals surface area contributed by atoms with Gasteiger partial charge in [-0.3, -0.25) is 0 Å². The highest BCUT2D eigenvalue weighted by Gasteiger charge is 2.13. The summed E-state index contributed by atoms with van der Waals surface area (Å²) in [6.45, 7) is 5.61. The van der Waals surface area contributed by atoms with Crippen molar-refractivity contribution in [3.05, 3.63) is 39.4 Å². The van der Waals surface area contributed by atoms with Crippen molar-refractivity contribution in [3.8, 4) is 0 Å². The maximum atomic E-state index is 11.9. The van der Waals surface area contributed by atoms with Gasteiger partial charge in [0.2, 0.25) is 0 Å². The largest absolute Gasteiger partial charge is 0.463 e. The SMILES string of the molecule is CCOC(=O)/C(=C/c1ccc(Cl)cc1Cl)CON=C(C)C. The molecule has 0 heterocycles. The first-order valence-corrected chi connectivity index (χ1v) is 7.15. The van der Waals surface area contributed by atoms with E-state index in [-0.39, 0.29) is 13.2 Å². The van der Waals surface area contributed by atoms with Crippen LogP contribution in [-0.4, -0.2) is 24.9 Å². The number of halogens is 2. The Morgan fingerprint density at radius 1 is 1.33 bits per heavy atom. The van der Waals surface area contributed by atoms with Crippen LogP contribution in [0.5, 0.6) is 0 Å². The van der Waals surface area contributed by atoms with Gasteiger partial charge >= 0.3 is 5.97 Å². The Bertz CT molecular complexity index is 564. The second-order valence-electron chi connectivity index (χ2n) is 4.37. The maximum absolute atomic E-state index is 11.9. The van der Waals surface area contributed by atoms with Gasteiger partial charge in [-0.1, -0.05) is 34.4 Å². The van der Waals surface area contributed by atoms with Crippen molar-refractivity contribution in [1.29, 1.82) is 0 Å². The molecule has 0 saturated heterocycles. The Hall–Kier alpha value is -1.52. The molecule has 1 aromatic carbocycles. The Morgan fingerprint density at radius 3 is 2.62 bits per heavy atom. The zero-order valence-corrected chi connectivity index (χ0v) is 13.7. The number of nitrogens with zero attached hydrogens (tertiary/aromatic N) is 1. The number of hydrogen-bond donors (Lipinski definition) is 0. The summed E-state index contributed by atoms with van der Waals surface area (Å²) in [5.74, 6) is -0.465. The first-order chi connectivity index (χ1) is 9.93. The number of esters is 1. The van der Waals surface area contributed by atoms with Gasteiger partial charge in [-0.25, -0.2) is 4.79 Å². The van der Waals surface area contributed by atoms with Crippen LogP contribution in [0.3, 0.4) is 0 Å².